The van der Waals surface area contributed by atoms with Gasteiger partial charge in [-0.3, -0.25) is 4.79 Å². The quantitative estimate of drug-likeness (QED) is 0.742. The molecule has 0 bridgehead atoms. The molecule has 2 aromatic carbocycles. The van der Waals surface area contributed by atoms with Crippen molar-refractivity contribution < 1.29 is 14.3 Å². The lowest BCUT2D eigenvalue weighted by Crippen LogP contribution is -2.11. The topological polar surface area (TPSA) is 81.3 Å². The zero-order chi connectivity index (χ0) is 17.4. The van der Waals surface area contributed by atoms with Crippen LogP contribution in [0, 0.1) is 0 Å². The van der Waals surface area contributed by atoms with E-state index in [0.717, 1.165) is 28.6 Å². The first-order valence-corrected chi connectivity index (χ1v) is 8.00. The number of carbonyl (C=O) groups is 1. The van der Waals surface area contributed by atoms with Crippen LogP contribution in [0.5, 0.6) is 5.75 Å². The molecule has 0 unspecified atom stereocenters. The predicted octanol–water partition coefficient (Wildman–Crippen LogP) is 2.24. The maximum absolute atomic E-state index is 12.1. The van der Waals surface area contributed by atoms with E-state index in [0.29, 0.717) is 29.7 Å². The third kappa shape index (κ3) is 2.65. The summed E-state index contributed by atoms with van der Waals surface area (Å²) in [6.07, 6.45) is 1.25. The van der Waals surface area contributed by atoms with Gasteiger partial charge >= 0.3 is 5.97 Å². The minimum atomic E-state index is -0.417. The number of nitrogens with zero attached hydrogens (tertiary/aromatic N) is 1. The second-order valence-electron chi connectivity index (χ2n) is 5.94. The van der Waals surface area contributed by atoms with Crippen molar-refractivity contribution in [3.05, 3.63) is 69.1 Å². The minimum Gasteiger partial charge on any atom is -0.492 e. The summed E-state index contributed by atoms with van der Waals surface area (Å²) in [7, 11) is 1.35. The summed E-state index contributed by atoms with van der Waals surface area (Å²) in [5, 5.41) is 8.16. The molecule has 1 N–H and O–H groups in total. The first-order chi connectivity index (χ1) is 12.2. The van der Waals surface area contributed by atoms with Crippen molar-refractivity contribution in [2.24, 2.45) is 0 Å². The van der Waals surface area contributed by atoms with Crippen molar-refractivity contribution >= 4 is 16.7 Å². The SMILES string of the molecule is COC(=O)c1cc(Cc2n[nH]c(=O)c3ccccc23)cc2c1OCC2. The monoisotopic (exact) mass is 336 g/mol. The zero-order valence-corrected chi connectivity index (χ0v) is 13.7. The number of rotatable bonds is 3. The lowest BCUT2D eigenvalue weighted by molar-refractivity contribution is 0.0597. The first kappa shape index (κ1) is 15.4. The van der Waals surface area contributed by atoms with Crippen molar-refractivity contribution in [1.29, 1.82) is 0 Å². The Labute approximate surface area is 143 Å². The third-order valence-electron chi connectivity index (χ3n) is 4.40. The zero-order valence-electron chi connectivity index (χ0n) is 13.7. The molecule has 0 saturated carbocycles. The number of carbonyl (C=O) groups excluding carboxylic acids is 1. The Morgan fingerprint density at radius 1 is 1.28 bits per heavy atom. The van der Waals surface area contributed by atoms with Gasteiger partial charge in [0.2, 0.25) is 0 Å². The Kier molecular flexibility index (Phi) is 3.72. The number of fused-ring (bicyclic) bond motifs is 2. The lowest BCUT2D eigenvalue weighted by atomic mass is 9.98. The summed E-state index contributed by atoms with van der Waals surface area (Å²) >= 11 is 0. The number of ether oxygens (including phenoxy) is 2. The molecule has 0 spiro atoms. The number of aromatic nitrogens is 2. The van der Waals surface area contributed by atoms with Gasteiger partial charge in [0.15, 0.2) is 0 Å². The van der Waals surface area contributed by atoms with E-state index in [2.05, 4.69) is 10.2 Å². The van der Waals surface area contributed by atoms with Gasteiger partial charge < -0.3 is 9.47 Å². The molecule has 0 radical (unpaired) electrons. The number of H-pyrrole nitrogens is 1. The minimum absolute atomic E-state index is 0.211. The maximum Gasteiger partial charge on any atom is 0.341 e. The van der Waals surface area contributed by atoms with E-state index in [4.69, 9.17) is 9.47 Å². The smallest absolute Gasteiger partial charge is 0.341 e. The molecule has 3 aromatic rings. The van der Waals surface area contributed by atoms with Crippen molar-refractivity contribution in [2.75, 3.05) is 13.7 Å². The number of hydrogen-bond acceptors (Lipinski definition) is 5. The van der Waals surface area contributed by atoms with E-state index < -0.39 is 5.97 Å². The Balaban J connectivity index is 1.81. The van der Waals surface area contributed by atoms with Crippen LogP contribution in [0.2, 0.25) is 0 Å². The summed E-state index contributed by atoms with van der Waals surface area (Å²) in [6, 6.07) is 11.2. The number of aromatic amines is 1. The summed E-state index contributed by atoms with van der Waals surface area (Å²) in [4.78, 5) is 24.0. The van der Waals surface area contributed by atoms with Crippen LogP contribution in [0.15, 0.2) is 41.2 Å². The average molecular weight is 336 g/mol. The molecule has 0 fully saturated rings. The molecule has 0 aliphatic carbocycles. The number of esters is 1. The number of methoxy groups -OCH3 is 1. The fourth-order valence-corrected chi connectivity index (χ4v) is 3.24. The third-order valence-corrected chi connectivity index (χ3v) is 4.40. The average Bonchev–Trinajstić information content (AvgIpc) is 3.11. The fraction of sp³-hybridized carbons (Fsp3) is 0.211. The van der Waals surface area contributed by atoms with Gasteiger partial charge in [-0.05, 0) is 23.3 Å². The van der Waals surface area contributed by atoms with Crippen LogP contribution < -0.4 is 10.3 Å². The Hall–Kier alpha value is -3.15. The highest BCUT2D eigenvalue weighted by Crippen LogP contribution is 2.32. The van der Waals surface area contributed by atoms with Gasteiger partial charge in [0.1, 0.15) is 11.3 Å². The Morgan fingerprint density at radius 2 is 2.08 bits per heavy atom. The van der Waals surface area contributed by atoms with Gasteiger partial charge in [0.05, 0.1) is 24.8 Å². The van der Waals surface area contributed by atoms with E-state index >= 15 is 0 Å². The summed E-state index contributed by atoms with van der Waals surface area (Å²) in [6.45, 7) is 0.558. The van der Waals surface area contributed by atoms with E-state index in [9.17, 15) is 9.59 Å². The van der Waals surface area contributed by atoms with Gasteiger partial charge in [0, 0.05) is 18.2 Å². The predicted molar refractivity (Wildman–Crippen MR) is 92.2 cm³/mol. The molecule has 126 valence electrons. The van der Waals surface area contributed by atoms with Crippen LogP contribution in [-0.2, 0) is 17.6 Å². The van der Waals surface area contributed by atoms with Gasteiger partial charge in [-0.15, -0.1) is 0 Å². The second kappa shape index (κ2) is 6.05. The van der Waals surface area contributed by atoms with Gasteiger partial charge in [0.25, 0.3) is 5.56 Å². The molecule has 0 saturated heterocycles. The molecule has 25 heavy (non-hydrogen) atoms. The van der Waals surface area contributed by atoms with Crippen LogP contribution in [0.1, 0.15) is 27.2 Å². The summed E-state index contributed by atoms with van der Waals surface area (Å²) in [5.41, 5.74) is 2.89. The molecule has 1 aromatic heterocycles. The molecule has 6 nitrogen and oxygen atoms in total. The Bertz CT molecular complexity index is 1040. The molecule has 0 amide bonds. The first-order valence-electron chi connectivity index (χ1n) is 8.00. The van der Waals surface area contributed by atoms with Crippen LogP contribution in [0.3, 0.4) is 0 Å². The summed E-state index contributed by atoms with van der Waals surface area (Å²) < 4.78 is 10.5. The largest absolute Gasteiger partial charge is 0.492 e. The van der Waals surface area contributed by atoms with Crippen molar-refractivity contribution in [3.8, 4) is 5.75 Å². The van der Waals surface area contributed by atoms with Gasteiger partial charge in [-0.2, -0.15) is 5.10 Å². The highest BCUT2D eigenvalue weighted by molar-refractivity contribution is 5.93. The van der Waals surface area contributed by atoms with Crippen molar-refractivity contribution in [2.45, 2.75) is 12.8 Å². The van der Waals surface area contributed by atoms with E-state index in [1.807, 2.05) is 24.3 Å². The maximum atomic E-state index is 12.1. The second-order valence-corrected chi connectivity index (χ2v) is 5.94. The van der Waals surface area contributed by atoms with Crippen LogP contribution in [0.4, 0.5) is 0 Å². The number of benzene rings is 2. The fourth-order valence-electron chi connectivity index (χ4n) is 3.24. The van der Waals surface area contributed by atoms with Crippen LogP contribution in [-0.4, -0.2) is 29.9 Å². The highest BCUT2D eigenvalue weighted by Gasteiger charge is 2.23. The van der Waals surface area contributed by atoms with Crippen molar-refractivity contribution in [1.82, 2.24) is 10.2 Å². The van der Waals surface area contributed by atoms with E-state index in [1.165, 1.54) is 7.11 Å². The molecular formula is C19H16N2O4. The molecule has 2 heterocycles. The van der Waals surface area contributed by atoms with Gasteiger partial charge in [-0.25, -0.2) is 9.89 Å². The normalized spacial score (nSPS) is 12.7. The number of hydrogen-bond donors (Lipinski definition) is 1. The summed E-state index contributed by atoms with van der Waals surface area (Å²) in [5.74, 6) is 0.189. The van der Waals surface area contributed by atoms with Crippen LogP contribution >= 0.6 is 0 Å². The molecular weight excluding hydrogens is 320 g/mol. The Morgan fingerprint density at radius 3 is 2.88 bits per heavy atom. The van der Waals surface area contributed by atoms with Crippen LogP contribution in [0.25, 0.3) is 10.8 Å². The molecule has 1 aliphatic heterocycles. The molecule has 4 rings (SSSR count). The lowest BCUT2D eigenvalue weighted by Gasteiger charge is -2.10. The van der Waals surface area contributed by atoms with E-state index in [1.54, 1.807) is 12.1 Å². The van der Waals surface area contributed by atoms with Crippen molar-refractivity contribution in [3.63, 3.8) is 0 Å². The molecule has 0 atom stereocenters. The standard InChI is InChI=1S/C19H16N2O4/c1-24-19(23)15-9-11(8-12-6-7-25-17(12)15)10-16-13-4-2-3-5-14(13)18(22)21-20-16/h2-5,8-9H,6-7,10H2,1H3,(H,21,22). The highest BCUT2D eigenvalue weighted by atomic mass is 16.5. The number of nitrogens with one attached hydrogen (secondary N) is 1. The van der Waals surface area contributed by atoms with Gasteiger partial charge in [-0.1, -0.05) is 24.3 Å². The van der Waals surface area contributed by atoms with E-state index in [-0.39, 0.29) is 5.56 Å². The molecule has 1 aliphatic rings. The molecule has 6 heteroatoms.